The van der Waals surface area contributed by atoms with Crippen LogP contribution in [0.2, 0.25) is 0 Å². The molecular weight excluding hydrogens is 480 g/mol. The van der Waals surface area contributed by atoms with Gasteiger partial charge in [-0.05, 0) is 53.8 Å². The number of hydrogen-bond donors (Lipinski definition) is 1. The average Bonchev–Trinajstić information content (AvgIpc) is 3.61. The zero-order valence-corrected chi connectivity index (χ0v) is 21.6. The van der Waals surface area contributed by atoms with Gasteiger partial charge in [-0.15, -0.1) is 5.10 Å². The normalized spacial score (nSPS) is 13.7. The van der Waals surface area contributed by atoms with E-state index in [0.717, 1.165) is 49.2 Å². The van der Waals surface area contributed by atoms with E-state index >= 15 is 0 Å². The van der Waals surface area contributed by atoms with E-state index in [2.05, 4.69) is 34.5 Å². The fourth-order valence-electron chi connectivity index (χ4n) is 4.95. The van der Waals surface area contributed by atoms with E-state index in [1.54, 1.807) is 25.0 Å². The van der Waals surface area contributed by atoms with Crippen LogP contribution in [0.1, 0.15) is 22.3 Å². The van der Waals surface area contributed by atoms with Gasteiger partial charge in [0.05, 0.1) is 20.5 Å². The van der Waals surface area contributed by atoms with E-state index in [-0.39, 0.29) is 0 Å². The Morgan fingerprint density at radius 3 is 2.45 bits per heavy atom. The summed E-state index contributed by atoms with van der Waals surface area (Å²) in [5, 5.41) is 8.17. The molecule has 38 heavy (non-hydrogen) atoms. The van der Waals surface area contributed by atoms with Crippen LogP contribution in [0.25, 0.3) is 17.2 Å². The molecule has 0 amide bonds. The first-order valence-corrected chi connectivity index (χ1v) is 12.7. The quantitative estimate of drug-likeness (QED) is 0.324. The van der Waals surface area contributed by atoms with Gasteiger partial charge in [0.25, 0.3) is 0 Å². The second-order valence-electron chi connectivity index (χ2n) is 9.34. The molecule has 0 aliphatic carbocycles. The lowest BCUT2D eigenvalue weighted by molar-refractivity contribution is 0.279. The lowest BCUT2D eigenvalue weighted by Crippen LogP contribution is -2.26. The highest BCUT2D eigenvalue weighted by Crippen LogP contribution is 2.28. The second kappa shape index (κ2) is 10.5. The number of ether oxygens (including phenoxy) is 2. The maximum Gasteiger partial charge on any atom is 0.226 e. The molecule has 0 fully saturated rings. The van der Waals surface area contributed by atoms with Crippen LogP contribution in [0.3, 0.4) is 0 Å². The molecule has 6 rings (SSSR count). The molecule has 1 aliphatic heterocycles. The first kappa shape index (κ1) is 24.0. The summed E-state index contributed by atoms with van der Waals surface area (Å²) in [5.74, 6) is 3.13. The predicted molar refractivity (Wildman–Crippen MR) is 144 cm³/mol. The Morgan fingerprint density at radius 2 is 1.74 bits per heavy atom. The number of methoxy groups -OCH3 is 2. The smallest absolute Gasteiger partial charge is 0.226 e. The number of fused-ring (bicyclic) bond motifs is 2. The Kier molecular flexibility index (Phi) is 6.66. The molecule has 1 N–H and O–H groups in total. The molecule has 5 aromatic rings. The Morgan fingerprint density at radius 1 is 0.947 bits per heavy atom. The summed E-state index contributed by atoms with van der Waals surface area (Å²) < 4.78 is 18.2. The Bertz CT molecular complexity index is 1520. The van der Waals surface area contributed by atoms with Crippen LogP contribution in [0.15, 0.2) is 71.5 Å². The van der Waals surface area contributed by atoms with Gasteiger partial charge in [0.1, 0.15) is 0 Å². The summed E-state index contributed by atoms with van der Waals surface area (Å²) in [6.45, 7) is 3.25. The molecule has 0 saturated heterocycles. The van der Waals surface area contributed by atoms with Crippen LogP contribution in [0, 0.1) is 0 Å². The predicted octanol–water partition coefficient (Wildman–Crippen LogP) is 4.61. The van der Waals surface area contributed by atoms with Gasteiger partial charge >= 0.3 is 0 Å². The SMILES string of the molecule is COc1ccc(CNc2ncc(CN3CCc4ccccc4CC3)c3nc(-c4ccco4)nn23)cc1OC. The third kappa shape index (κ3) is 4.80. The minimum Gasteiger partial charge on any atom is -0.493 e. The van der Waals surface area contributed by atoms with Crippen LogP contribution >= 0.6 is 0 Å². The summed E-state index contributed by atoms with van der Waals surface area (Å²) in [4.78, 5) is 12.1. The number of anilines is 1. The number of furan rings is 1. The fraction of sp³-hybridized carbons (Fsp3) is 0.276. The Hall–Kier alpha value is -4.37. The number of aromatic nitrogens is 4. The van der Waals surface area contributed by atoms with E-state index in [1.807, 2.05) is 36.5 Å². The molecule has 0 unspecified atom stereocenters. The van der Waals surface area contributed by atoms with Crippen molar-refractivity contribution in [2.24, 2.45) is 0 Å². The number of nitrogens with one attached hydrogen (secondary N) is 1. The minimum atomic E-state index is 0.529. The molecule has 2 aromatic carbocycles. The van der Waals surface area contributed by atoms with Crippen molar-refractivity contribution in [1.29, 1.82) is 0 Å². The van der Waals surface area contributed by atoms with Crippen molar-refractivity contribution >= 4 is 11.6 Å². The number of rotatable bonds is 8. The number of benzene rings is 2. The molecule has 0 saturated carbocycles. The van der Waals surface area contributed by atoms with Gasteiger partial charge in [0.2, 0.25) is 11.8 Å². The van der Waals surface area contributed by atoms with Crippen molar-refractivity contribution in [2.45, 2.75) is 25.9 Å². The van der Waals surface area contributed by atoms with Gasteiger partial charge in [0.15, 0.2) is 22.9 Å². The number of nitrogens with zero attached hydrogens (tertiary/aromatic N) is 5. The molecule has 1 aliphatic rings. The van der Waals surface area contributed by atoms with Gasteiger partial charge < -0.3 is 19.2 Å². The molecule has 194 valence electrons. The standard InChI is InChI=1S/C29H30N6O3/c1-36-24-10-9-20(16-26(24)37-2)17-30-29-31-18-23(28-32-27(33-35(28)29)25-8-5-15-38-25)19-34-13-11-21-6-3-4-7-22(21)12-14-34/h3-10,15-16,18H,11-14,17,19H2,1-2H3,(H,30,31). The Balaban J connectivity index is 1.28. The van der Waals surface area contributed by atoms with Crippen molar-refractivity contribution in [3.63, 3.8) is 0 Å². The average molecular weight is 511 g/mol. The van der Waals surface area contributed by atoms with Crippen LogP contribution in [0.5, 0.6) is 11.5 Å². The number of hydrogen-bond acceptors (Lipinski definition) is 8. The van der Waals surface area contributed by atoms with E-state index in [0.29, 0.717) is 35.6 Å². The maximum absolute atomic E-state index is 5.59. The highest BCUT2D eigenvalue weighted by atomic mass is 16.5. The lowest BCUT2D eigenvalue weighted by atomic mass is 10.0. The highest BCUT2D eigenvalue weighted by Gasteiger charge is 2.19. The molecule has 9 heteroatoms. The van der Waals surface area contributed by atoms with Crippen LogP contribution in [-0.2, 0) is 25.9 Å². The van der Waals surface area contributed by atoms with Gasteiger partial charge in [-0.25, -0.2) is 9.97 Å². The molecule has 0 radical (unpaired) electrons. The third-order valence-electron chi connectivity index (χ3n) is 6.98. The summed E-state index contributed by atoms with van der Waals surface area (Å²) in [7, 11) is 3.26. The second-order valence-corrected chi connectivity index (χ2v) is 9.34. The fourth-order valence-corrected chi connectivity index (χ4v) is 4.95. The lowest BCUT2D eigenvalue weighted by Gasteiger charge is -2.20. The maximum atomic E-state index is 5.59. The zero-order chi connectivity index (χ0) is 25.9. The molecule has 0 spiro atoms. The van der Waals surface area contributed by atoms with Crippen molar-refractivity contribution in [2.75, 3.05) is 32.6 Å². The van der Waals surface area contributed by atoms with Crippen molar-refractivity contribution in [3.8, 4) is 23.1 Å². The van der Waals surface area contributed by atoms with E-state index in [4.69, 9.17) is 29.0 Å². The molecular formula is C29H30N6O3. The molecule has 4 heterocycles. The van der Waals surface area contributed by atoms with Gasteiger partial charge in [-0.3, -0.25) is 4.90 Å². The van der Waals surface area contributed by atoms with Crippen LogP contribution in [0.4, 0.5) is 5.95 Å². The highest BCUT2D eigenvalue weighted by molar-refractivity contribution is 5.58. The van der Waals surface area contributed by atoms with E-state index < -0.39 is 0 Å². The first-order valence-electron chi connectivity index (χ1n) is 12.7. The van der Waals surface area contributed by atoms with Gasteiger partial charge in [-0.2, -0.15) is 4.52 Å². The van der Waals surface area contributed by atoms with Gasteiger partial charge in [-0.1, -0.05) is 30.3 Å². The largest absolute Gasteiger partial charge is 0.493 e. The van der Waals surface area contributed by atoms with Crippen molar-refractivity contribution < 1.29 is 13.9 Å². The van der Waals surface area contributed by atoms with Crippen molar-refractivity contribution in [1.82, 2.24) is 24.5 Å². The van der Waals surface area contributed by atoms with Gasteiger partial charge in [0, 0.05) is 37.9 Å². The summed E-state index contributed by atoms with van der Waals surface area (Å²) in [5.41, 5.74) is 5.70. The Labute approximate surface area is 221 Å². The molecule has 0 bridgehead atoms. The van der Waals surface area contributed by atoms with E-state index in [1.165, 1.54) is 11.1 Å². The monoisotopic (exact) mass is 510 g/mol. The van der Waals surface area contributed by atoms with E-state index in [9.17, 15) is 0 Å². The first-order chi connectivity index (χ1) is 18.7. The zero-order valence-electron chi connectivity index (χ0n) is 21.6. The molecule has 0 atom stereocenters. The van der Waals surface area contributed by atoms with Crippen LogP contribution < -0.4 is 14.8 Å². The van der Waals surface area contributed by atoms with Crippen LogP contribution in [-0.4, -0.2) is 51.8 Å². The van der Waals surface area contributed by atoms with Crippen molar-refractivity contribution in [3.05, 3.63) is 89.3 Å². The summed E-state index contributed by atoms with van der Waals surface area (Å²) >= 11 is 0. The topological polar surface area (TPSA) is 90.0 Å². The summed E-state index contributed by atoms with van der Waals surface area (Å²) in [6, 6.07) is 18.3. The summed E-state index contributed by atoms with van der Waals surface area (Å²) in [6.07, 6.45) is 5.61. The third-order valence-corrected chi connectivity index (χ3v) is 6.98. The molecule has 3 aromatic heterocycles. The molecule has 9 nitrogen and oxygen atoms in total. The minimum absolute atomic E-state index is 0.529.